The third kappa shape index (κ3) is 14.5. The van der Waals surface area contributed by atoms with E-state index >= 15 is 0 Å². The van der Waals surface area contributed by atoms with E-state index in [0.717, 1.165) is 0 Å². The number of hydrogen-bond acceptors (Lipinski definition) is 0. The van der Waals surface area contributed by atoms with Crippen LogP contribution in [0.2, 0.25) is 0 Å². The van der Waals surface area contributed by atoms with Crippen molar-refractivity contribution < 1.29 is 4.70 Å². The first-order chi connectivity index (χ1) is 5.21. The van der Waals surface area contributed by atoms with Gasteiger partial charge in [-0.2, -0.15) is 0 Å². The summed E-state index contributed by atoms with van der Waals surface area (Å²) in [6.07, 6.45) is 6.99. The summed E-state index contributed by atoms with van der Waals surface area (Å²) in [6, 6.07) is 0. The van der Waals surface area contributed by atoms with Crippen LogP contribution in [0.25, 0.3) is 0 Å². The van der Waals surface area contributed by atoms with Gasteiger partial charge in [-0.05, 0) is 23.7 Å². The molecule has 0 saturated heterocycles. The minimum absolute atomic E-state index is 0. The van der Waals surface area contributed by atoms with Crippen molar-refractivity contribution in [2.75, 3.05) is 0 Å². The van der Waals surface area contributed by atoms with Crippen LogP contribution in [0, 0.1) is 10.8 Å². The van der Waals surface area contributed by atoms with Crippen LogP contribution >= 0.6 is 0 Å². The van der Waals surface area contributed by atoms with E-state index < -0.39 is 0 Å². The first-order valence-corrected chi connectivity index (χ1v) is 4.86. The summed E-state index contributed by atoms with van der Waals surface area (Å²) in [7, 11) is 0. The fourth-order valence-corrected chi connectivity index (χ4v) is 0.874. The number of hydrogen-bond donors (Lipinski definition) is 0. The second-order valence-corrected chi connectivity index (χ2v) is 6.00. The second kappa shape index (κ2) is 5.41. The molecule has 0 N–H and O–H groups in total. The van der Waals surface area contributed by atoms with Gasteiger partial charge in [0, 0.05) is 0 Å². The first-order valence-electron chi connectivity index (χ1n) is 4.86. The van der Waals surface area contributed by atoms with Gasteiger partial charge in [-0.15, -0.1) is 0 Å². The van der Waals surface area contributed by atoms with Crippen molar-refractivity contribution in [2.24, 2.45) is 10.8 Å². The summed E-state index contributed by atoms with van der Waals surface area (Å²) in [6.45, 7) is 13.6. The van der Waals surface area contributed by atoms with Gasteiger partial charge in [-0.25, -0.2) is 0 Å². The van der Waals surface area contributed by atoms with E-state index in [4.69, 9.17) is 0 Å². The Hall–Kier alpha value is -0.330. The summed E-state index contributed by atoms with van der Waals surface area (Å²) in [4.78, 5) is 0. The van der Waals surface area contributed by atoms with Crippen molar-refractivity contribution in [1.82, 2.24) is 0 Å². The molecule has 13 heavy (non-hydrogen) atoms. The lowest BCUT2D eigenvalue weighted by Crippen LogP contribution is -2.04. The van der Waals surface area contributed by atoms with Gasteiger partial charge in [-0.3, -0.25) is 4.70 Å². The van der Waals surface area contributed by atoms with Gasteiger partial charge in [0.15, 0.2) is 0 Å². The Morgan fingerprint density at radius 3 is 1.08 bits per heavy atom. The van der Waals surface area contributed by atoms with E-state index in [1.165, 1.54) is 12.8 Å². The van der Waals surface area contributed by atoms with Crippen LogP contribution in [0.15, 0.2) is 12.2 Å². The predicted molar refractivity (Wildman–Crippen MR) is 59.8 cm³/mol. The van der Waals surface area contributed by atoms with Gasteiger partial charge in [0.05, 0.1) is 0 Å². The van der Waals surface area contributed by atoms with E-state index in [1.807, 2.05) is 0 Å². The van der Waals surface area contributed by atoms with Gasteiger partial charge in [-0.1, -0.05) is 53.7 Å². The number of allylic oxidation sites excluding steroid dienone is 2. The topological polar surface area (TPSA) is 0 Å². The molecule has 80 valence electrons. The molecule has 0 aliphatic carbocycles. The molecule has 0 bridgehead atoms. The maximum atomic E-state index is 2.31. The summed E-state index contributed by atoms with van der Waals surface area (Å²) in [5.74, 6) is 0. The fourth-order valence-electron chi connectivity index (χ4n) is 0.874. The third-order valence-electron chi connectivity index (χ3n) is 1.63. The SMILES string of the molecule is CC(C)(C)CC=CCC(C)(C)C.F. The molecule has 0 radical (unpaired) electrons. The summed E-state index contributed by atoms with van der Waals surface area (Å²) in [5.41, 5.74) is 0.878. The van der Waals surface area contributed by atoms with Crippen LogP contribution in [0.1, 0.15) is 54.4 Å². The molecule has 0 aliphatic heterocycles. The van der Waals surface area contributed by atoms with E-state index in [0.29, 0.717) is 10.8 Å². The van der Waals surface area contributed by atoms with Crippen molar-refractivity contribution >= 4 is 0 Å². The zero-order valence-electron chi connectivity index (χ0n) is 9.98. The highest BCUT2D eigenvalue weighted by atomic mass is 19.0. The van der Waals surface area contributed by atoms with Crippen LogP contribution in [-0.2, 0) is 0 Å². The molecule has 0 nitrogen and oxygen atoms in total. The van der Waals surface area contributed by atoms with Crippen molar-refractivity contribution in [3.05, 3.63) is 12.2 Å². The monoisotopic (exact) mass is 188 g/mol. The molecule has 0 aromatic heterocycles. The maximum Gasteiger partial charge on any atom is -0.0302 e. The van der Waals surface area contributed by atoms with E-state index in [-0.39, 0.29) is 4.70 Å². The predicted octanol–water partition coefficient (Wildman–Crippen LogP) is 4.57. The quantitative estimate of drug-likeness (QED) is 0.557. The molecule has 0 aromatic carbocycles. The largest absolute Gasteiger partial charge is 0.269 e. The molecule has 0 fully saturated rings. The van der Waals surface area contributed by atoms with Crippen molar-refractivity contribution in [2.45, 2.75) is 54.4 Å². The average molecular weight is 188 g/mol. The molecular weight excluding hydrogens is 163 g/mol. The Morgan fingerprint density at radius 1 is 0.692 bits per heavy atom. The van der Waals surface area contributed by atoms with Gasteiger partial charge < -0.3 is 0 Å². The Bertz CT molecular complexity index is 125. The highest BCUT2D eigenvalue weighted by Crippen LogP contribution is 2.22. The van der Waals surface area contributed by atoms with Gasteiger partial charge in [0.2, 0.25) is 0 Å². The van der Waals surface area contributed by atoms with Crippen LogP contribution in [0.5, 0.6) is 0 Å². The van der Waals surface area contributed by atoms with Crippen molar-refractivity contribution in [1.29, 1.82) is 0 Å². The second-order valence-electron chi connectivity index (χ2n) is 6.00. The summed E-state index contributed by atoms with van der Waals surface area (Å²) in [5, 5.41) is 0. The fraction of sp³-hybridized carbons (Fsp3) is 0.833. The molecule has 0 amide bonds. The van der Waals surface area contributed by atoms with Gasteiger partial charge in [0.1, 0.15) is 0 Å². The molecule has 0 rings (SSSR count). The standard InChI is InChI=1S/C12H24.FH/c1-11(2,3)9-7-8-10-12(4,5)6;/h7-8H,9-10H2,1-6H3;1H. The summed E-state index contributed by atoms with van der Waals surface area (Å²) >= 11 is 0. The smallest absolute Gasteiger partial charge is 0.0302 e. The molecule has 0 aliphatic rings. The highest BCUT2D eigenvalue weighted by Gasteiger charge is 2.08. The highest BCUT2D eigenvalue weighted by molar-refractivity contribution is 4.88. The van der Waals surface area contributed by atoms with Crippen LogP contribution in [-0.4, -0.2) is 0 Å². The molecule has 0 atom stereocenters. The first kappa shape index (κ1) is 15.2. The average Bonchev–Trinajstić information content (AvgIpc) is 1.76. The normalized spacial score (nSPS) is 13.1. The van der Waals surface area contributed by atoms with E-state index in [9.17, 15) is 0 Å². The molecule has 1 heteroatoms. The molecule has 0 unspecified atom stereocenters. The van der Waals surface area contributed by atoms with Crippen LogP contribution in [0.3, 0.4) is 0 Å². The molecule has 0 saturated carbocycles. The Balaban J connectivity index is 0. The molecular formula is C12H25F. The Kier molecular flexibility index (Phi) is 6.31. The van der Waals surface area contributed by atoms with E-state index in [2.05, 4.69) is 53.7 Å². The molecule has 0 heterocycles. The van der Waals surface area contributed by atoms with Crippen LogP contribution in [0.4, 0.5) is 4.70 Å². The van der Waals surface area contributed by atoms with Gasteiger partial charge >= 0.3 is 0 Å². The lowest BCUT2D eigenvalue weighted by atomic mass is 9.89. The zero-order chi connectivity index (χ0) is 9.83. The summed E-state index contributed by atoms with van der Waals surface area (Å²) < 4.78 is 0. The van der Waals surface area contributed by atoms with Gasteiger partial charge in [0.25, 0.3) is 0 Å². The minimum atomic E-state index is 0. The Morgan fingerprint density at radius 2 is 0.923 bits per heavy atom. The molecule has 0 aromatic rings. The zero-order valence-corrected chi connectivity index (χ0v) is 9.98. The van der Waals surface area contributed by atoms with Crippen LogP contribution < -0.4 is 0 Å². The maximum absolute atomic E-state index is 2.31. The minimum Gasteiger partial charge on any atom is -0.269 e. The number of halogens is 1. The molecule has 0 spiro atoms. The lowest BCUT2D eigenvalue weighted by molar-refractivity contribution is 0.408. The number of rotatable bonds is 2. The van der Waals surface area contributed by atoms with Crippen molar-refractivity contribution in [3.63, 3.8) is 0 Å². The van der Waals surface area contributed by atoms with E-state index in [1.54, 1.807) is 0 Å². The lowest BCUT2D eigenvalue weighted by Gasteiger charge is -2.17. The Labute approximate surface area is 82.8 Å². The van der Waals surface area contributed by atoms with Crippen molar-refractivity contribution in [3.8, 4) is 0 Å². The third-order valence-corrected chi connectivity index (χ3v) is 1.63.